The Balaban J connectivity index is 2.00. The van der Waals surface area contributed by atoms with Crippen LogP contribution in [-0.2, 0) is 17.9 Å². The van der Waals surface area contributed by atoms with Gasteiger partial charge >= 0.3 is 6.18 Å². The average molecular weight is 443 g/mol. The normalized spacial score (nSPS) is 18.5. The largest absolute Gasteiger partial charge is 0.488 e. The minimum absolute atomic E-state index is 0.0799. The van der Waals surface area contributed by atoms with E-state index < -0.39 is 17.3 Å². The lowest BCUT2D eigenvalue weighted by Crippen LogP contribution is -2.36. The van der Waals surface area contributed by atoms with Gasteiger partial charge in [0, 0.05) is 22.9 Å². The summed E-state index contributed by atoms with van der Waals surface area (Å²) >= 11 is 11.9. The Kier molecular flexibility index (Phi) is 4.98. The molecule has 0 saturated heterocycles. The van der Waals surface area contributed by atoms with Gasteiger partial charge < -0.3 is 4.74 Å². The number of ether oxygens (including phenoxy) is 1. The fraction of sp³-hybridized carbons (Fsp3) is 0.381. The van der Waals surface area contributed by atoms with Crippen molar-refractivity contribution in [3.63, 3.8) is 0 Å². The quantitative estimate of drug-likeness (QED) is 0.431. The van der Waals surface area contributed by atoms with Crippen molar-refractivity contribution in [3.05, 3.63) is 64.5 Å². The van der Waals surface area contributed by atoms with Crippen molar-refractivity contribution in [2.24, 2.45) is 0 Å². The Morgan fingerprint density at radius 1 is 1.17 bits per heavy atom. The smallest absolute Gasteiger partial charge is 0.416 e. The van der Waals surface area contributed by atoms with E-state index in [1.54, 1.807) is 4.52 Å². The lowest BCUT2D eigenvalue weighted by atomic mass is 9.81. The first-order chi connectivity index (χ1) is 13.6. The number of benzene rings is 1. The van der Waals surface area contributed by atoms with Crippen LogP contribution < -0.4 is 4.74 Å². The average Bonchev–Trinajstić information content (AvgIpc) is 3.08. The third-order valence-corrected chi connectivity index (χ3v) is 5.84. The molecule has 1 aliphatic heterocycles. The van der Waals surface area contributed by atoms with Gasteiger partial charge in [0.2, 0.25) is 0 Å². The highest BCUT2D eigenvalue weighted by molar-refractivity contribution is 6.17. The lowest BCUT2D eigenvalue weighted by molar-refractivity contribution is -0.137. The molecule has 154 valence electrons. The van der Waals surface area contributed by atoms with Crippen LogP contribution in [0.3, 0.4) is 0 Å². The minimum atomic E-state index is -4.48. The number of hydrogen-bond acceptors (Lipinski definition) is 2. The van der Waals surface area contributed by atoms with Gasteiger partial charge in [-0.25, -0.2) is 4.52 Å². The molecule has 8 heteroatoms. The molecule has 1 unspecified atom stereocenters. The van der Waals surface area contributed by atoms with Crippen LogP contribution in [0.4, 0.5) is 13.2 Å². The molecule has 3 nitrogen and oxygen atoms in total. The molecule has 2 aromatic heterocycles. The second-order valence-electron chi connectivity index (χ2n) is 7.89. The number of fused-ring (bicyclic) bond motifs is 2. The van der Waals surface area contributed by atoms with E-state index in [9.17, 15) is 13.2 Å². The Hall–Kier alpha value is -1.92. The summed E-state index contributed by atoms with van der Waals surface area (Å²) in [6.45, 7) is 3.85. The molecule has 0 spiro atoms. The fourth-order valence-corrected chi connectivity index (χ4v) is 4.30. The molecule has 1 aliphatic rings. The van der Waals surface area contributed by atoms with E-state index in [1.807, 2.05) is 32.0 Å². The van der Waals surface area contributed by atoms with Crippen LogP contribution in [0, 0.1) is 0 Å². The highest BCUT2D eigenvalue weighted by atomic mass is 35.5. The Bertz CT molecular complexity index is 1080. The summed E-state index contributed by atoms with van der Waals surface area (Å²) in [5, 5.41) is 4.35. The third-order valence-electron chi connectivity index (χ3n) is 5.24. The number of alkyl halides is 5. The van der Waals surface area contributed by atoms with Crippen LogP contribution in [-0.4, -0.2) is 15.2 Å². The number of nitrogens with zero attached hydrogens (tertiary/aromatic N) is 2. The van der Waals surface area contributed by atoms with Crippen LogP contribution in [0.25, 0.3) is 5.52 Å². The predicted molar refractivity (Wildman–Crippen MR) is 107 cm³/mol. The predicted octanol–water partition coefficient (Wildman–Crippen LogP) is 6.52. The molecule has 0 radical (unpaired) electrons. The first kappa shape index (κ1) is 20.4. The number of halogens is 5. The second kappa shape index (κ2) is 7.10. The maximum Gasteiger partial charge on any atom is 0.416 e. The maximum atomic E-state index is 13.7. The molecule has 0 N–H and O–H groups in total. The summed E-state index contributed by atoms with van der Waals surface area (Å²) in [4.78, 5) is 0. The van der Waals surface area contributed by atoms with Gasteiger partial charge in [0.15, 0.2) is 0 Å². The molecular formula is C21H19Cl2F3N2O. The van der Waals surface area contributed by atoms with Crippen LogP contribution in [0.2, 0.25) is 0 Å². The monoisotopic (exact) mass is 442 g/mol. The summed E-state index contributed by atoms with van der Waals surface area (Å²) in [6, 6.07) is 7.89. The van der Waals surface area contributed by atoms with Gasteiger partial charge in [-0.15, -0.1) is 23.2 Å². The molecule has 3 heterocycles. The standard InChI is InChI=1S/C21H19Cl2F3N2O/c1-20(2)8-16(15-5-12(9-22)3-4-19(15)29-20)18-7-14(21(24,25)26)6-17-13(10-23)11-27-28(17)18/h3-7,11,16H,8-10H2,1-2H3. The summed E-state index contributed by atoms with van der Waals surface area (Å²) < 4.78 is 48.7. The molecule has 3 aromatic rings. The highest BCUT2D eigenvalue weighted by Crippen LogP contribution is 2.46. The van der Waals surface area contributed by atoms with Gasteiger partial charge in [-0.05, 0) is 44.0 Å². The molecule has 0 amide bonds. The van der Waals surface area contributed by atoms with E-state index in [-0.39, 0.29) is 11.8 Å². The molecular weight excluding hydrogens is 424 g/mol. The first-order valence-corrected chi connectivity index (χ1v) is 10.2. The summed E-state index contributed by atoms with van der Waals surface area (Å²) in [6.07, 6.45) is -2.46. The Morgan fingerprint density at radius 2 is 1.93 bits per heavy atom. The summed E-state index contributed by atoms with van der Waals surface area (Å²) in [7, 11) is 0. The molecule has 0 saturated carbocycles. The molecule has 1 atom stereocenters. The van der Waals surface area contributed by atoms with Crippen molar-refractivity contribution in [1.82, 2.24) is 9.61 Å². The van der Waals surface area contributed by atoms with Crippen molar-refractivity contribution in [2.45, 2.75) is 49.7 Å². The van der Waals surface area contributed by atoms with Crippen molar-refractivity contribution in [1.29, 1.82) is 0 Å². The first-order valence-electron chi connectivity index (χ1n) is 9.14. The van der Waals surface area contributed by atoms with Crippen molar-refractivity contribution in [2.75, 3.05) is 0 Å². The van der Waals surface area contributed by atoms with Crippen molar-refractivity contribution >= 4 is 28.7 Å². The van der Waals surface area contributed by atoms with E-state index in [1.165, 1.54) is 12.3 Å². The number of pyridine rings is 1. The van der Waals surface area contributed by atoms with E-state index in [2.05, 4.69) is 5.10 Å². The molecule has 4 rings (SSSR count). The fourth-order valence-electron chi connectivity index (χ4n) is 3.93. The summed E-state index contributed by atoms with van der Waals surface area (Å²) in [5.41, 5.74) is 1.80. The third kappa shape index (κ3) is 3.68. The van der Waals surface area contributed by atoms with Crippen LogP contribution in [0.5, 0.6) is 5.75 Å². The molecule has 0 aliphatic carbocycles. The van der Waals surface area contributed by atoms with Crippen LogP contribution in [0.15, 0.2) is 36.5 Å². The van der Waals surface area contributed by atoms with Crippen molar-refractivity contribution in [3.8, 4) is 5.75 Å². The van der Waals surface area contributed by atoms with Crippen molar-refractivity contribution < 1.29 is 17.9 Å². The Labute approximate surface area is 176 Å². The van der Waals surface area contributed by atoms with Crippen LogP contribution >= 0.6 is 23.2 Å². The van der Waals surface area contributed by atoms with Gasteiger partial charge in [-0.2, -0.15) is 18.3 Å². The minimum Gasteiger partial charge on any atom is -0.488 e. The second-order valence-corrected chi connectivity index (χ2v) is 8.43. The SMILES string of the molecule is CC1(C)CC(c2cc(C(F)(F)F)cc3c(CCl)cnn23)c2cc(CCl)ccc2O1. The zero-order valence-electron chi connectivity index (χ0n) is 15.9. The van der Waals surface area contributed by atoms with Gasteiger partial charge in [-0.1, -0.05) is 12.1 Å². The molecule has 0 fully saturated rings. The summed E-state index contributed by atoms with van der Waals surface area (Å²) in [5.74, 6) is 0.691. The topological polar surface area (TPSA) is 26.5 Å². The van der Waals surface area contributed by atoms with Gasteiger partial charge in [0.1, 0.15) is 11.4 Å². The number of hydrogen-bond donors (Lipinski definition) is 0. The van der Waals surface area contributed by atoms with E-state index in [0.717, 1.165) is 17.2 Å². The highest BCUT2D eigenvalue weighted by Gasteiger charge is 2.38. The number of rotatable bonds is 3. The van der Waals surface area contributed by atoms with E-state index >= 15 is 0 Å². The van der Waals surface area contributed by atoms with Gasteiger partial charge in [0.25, 0.3) is 0 Å². The lowest BCUT2D eigenvalue weighted by Gasteiger charge is -2.38. The molecule has 1 aromatic carbocycles. The van der Waals surface area contributed by atoms with E-state index in [0.29, 0.717) is 34.8 Å². The maximum absolute atomic E-state index is 13.7. The zero-order valence-corrected chi connectivity index (χ0v) is 17.4. The van der Waals surface area contributed by atoms with E-state index in [4.69, 9.17) is 27.9 Å². The van der Waals surface area contributed by atoms with Gasteiger partial charge in [-0.3, -0.25) is 0 Å². The van der Waals surface area contributed by atoms with Crippen LogP contribution in [0.1, 0.15) is 54.1 Å². The Morgan fingerprint density at radius 3 is 2.59 bits per heavy atom. The molecule has 0 bridgehead atoms. The number of aromatic nitrogens is 2. The zero-order chi connectivity index (χ0) is 21.0. The van der Waals surface area contributed by atoms with Gasteiger partial charge in [0.05, 0.1) is 28.9 Å². The molecule has 29 heavy (non-hydrogen) atoms.